The first-order valence-electron chi connectivity index (χ1n) is 8.20. The predicted octanol–water partition coefficient (Wildman–Crippen LogP) is 2.60. The van der Waals surface area contributed by atoms with Gasteiger partial charge in [-0.2, -0.15) is 0 Å². The molecule has 0 spiro atoms. The SMILES string of the molecule is CCOC(=O)C1CCCC2=C(N1)N(C)c1cc(OC)ccc1C2. The Bertz CT molecular complexity index is 639. The highest BCUT2D eigenvalue weighted by atomic mass is 16.5. The lowest BCUT2D eigenvalue weighted by Crippen LogP contribution is -2.42. The largest absolute Gasteiger partial charge is 0.497 e. The van der Waals surface area contributed by atoms with E-state index in [-0.39, 0.29) is 12.0 Å². The van der Waals surface area contributed by atoms with E-state index >= 15 is 0 Å². The van der Waals surface area contributed by atoms with Crippen molar-refractivity contribution in [1.82, 2.24) is 5.32 Å². The van der Waals surface area contributed by atoms with Crippen LogP contribution in [0.3, 0.4) is 0 Å². The van der Waals surface area contributed by atoms with Crippen LogP contribution in [0.2, 0.25) is 0 Å². The van der Waals surface area contributed by atoms with E-state index in [4.69, 9.17) is 9.47 Å². The molecule has 5 heteroatoms. The number of esters is 1. The lowest BCUT2D eigenvalue weighted by Gasteiger charge is -2.33. The number of anilines is 1. The molecule has 0 saturated carbocycles. The van der Waals surface area contributed by atoms with Crippen LogP contribution in [0.4, 0.5) is 5.69 Å². The number of carbonyl (C=O) groups excluding carboxylic acids is 1. The number of methoxy groups -OCH3 is 1. The molecule has 0 bridgehead atoms. The van der Waals surface area contributed by atoms with Crippen molar-refractivity contribution in [2.24, 2.45) is 0 Å². The topological polar surface area (TPSA) is 50.8 Å². The van der Waals surface area contributed by atoms with Crippen molar-refractivity contribution in [3.63, 3.8) is 0 Å². The van der Waals surface area contributed by atoms with Gasteiger partial charge in [-0.3, -0.25) is 0 Å². The van der Waals surface area contributed by atoms with E-state index in [0.29, 0.717) is 6.61 Å². The number of hydrogen-bond acceptors (Lipinski definition) is 5. The molecule has 0 aliphatic carbocycles. The van der Waals surface area contributed by atoms with Crippen molar-refractivity contribution in [3.05, 3.63) is 35.2 Å². The zero-order valence-electron chi connectivity index (χ0n) is 14.0. The van der Waals surface area contributed by atoms with Crippen molar-refractivity contribution in [1.29, 1.82) is 0 Å². The first-order chi connectivity index (χ1) is 11.1. The van der Waals surface area contributed by atoms with Gasteiger partial charge in [0.05, 0.1) is 13.7 Å². The smallest absolute Gasteiger partial charge is 0.328 e. The minimum atomic E-state index is -0.267. The first-order valence-corrected chi connectivity index (χ1v) is 8.20. The van der Waals surface area contributed by atoms with Gasteiger partial charge in [-0.1, -0.05) is 6.07 Å². The minimum Gasteiger partial charge on any atom is -0.497 e. The Kier molecular flexibility index (Phi) is 4.46. The molecule has 2 aliphatic heterocycles. The fraction of sp³-hybridized carbons (Fsp3) is 0.500. The summed E-state index contributed by atoms with van der Waals surface area (Å²) >= 11 is 0. The fourth-order valence-corrected chi connectivity index (χ4v) is 3.39. The van der Waals surface area contributed by atoms with Gasteiger partial charge < -0.3 is 19.7 Å². The monoisotopic (exact) mass is 316 g/mol. The summed E-state index contributed by atoms with van der Waals surface area (Å²) in [5.41, 5.74) is 3.78. The Labute approximate surface area is 137 Å². The highest BCUT2D eigenvalue weighted by Crippen LogP contribution is 2.37. The van der Waals surface area contributed by atoms with Crippen LogP contribution in [0.5, 0.6) is 5.75 Å². The average molecular weight is 316 g/mol. The van der Waals surface area contributed by atoms with Gasteiger partial charge in [-0.25, -0.2) is 4.79 Å². The Morgan fingerprint density at radius 3 is 3.00 bits per heavy atom. The maximum atomic E-state index is 12.1. The summed E-state index contributed by atoms with van der Waals surface area (Å²) in [6.07, 6.45) is 3.73. The van der Waals surface area contributed by atoms with Gasteiger partial charge in [0.2, 0.25) is 0 Å². The molecule has 1 atom stereocenters. The Hall–Kier alpha value is -2.17. The summed E-state index contributed by atoms with van der Waals surface area (Å²) in [6, 6.07) is 5.91. The standard InChI is InChI=1S/C18H24N2O3/c1-4-23-18(21)15-7-5-6-13-10-12-8-9-14(22-3)11-16(12)20(2)17(13)19-15/h8-9,11,15,19H,4-7,10H2,1-3H3. The molecule has 2 heterocycles. The van der Waals surface area contributed by atoms with E-state index in [9.17, 15) is 4.79 Å². The van der Waals surface area contributed by atoms with Crippen molar-refractivity contribution in [2.75, 3.05) is 25.7 Å². The number of hydrogen-bond donors (Lipinski definition) is 1. The van der Waals surface area contributed by atoms with Crippen molar-refractivity contribution in [3.8, 4) is 5.75 Å². The highest BCUT2D eigenvalue weighted by molar-refractivity contribution is 5.77. The van der Waals surface area contributed by atoms with Crippen LogP contribution in [0.25, 0.3) is 0 Å². The molecule has 1 aromatic rings. The number of nitrogens with zero attached hydrogens (tertiary/aromatic N) is 1. The van der Waals surface area contributed by atoms with E-state index in [2.05, 4.69) is 16.3 Å². The Balaban J connectivity index is 1.89. The molecule has 1 N–H and O–H groups in total. The molecule has 124 valence electrons. The maximum Gasteiger partial charge on any atom is 0.328 e. The molecule has 1 aromatic carbocycles. The number of ether oxygens (including phenoxy) is 2. The van der Waals surface area contributed by atoms with E-state index in [1.807, 2.05) is 26.1 Å². The summed E-state index contributed by atoms with van der Waals surface area (Å²) in [6.45, 7) is 2.26. The lowest BCUT2D eigenvalue weighted by molar-refractivity contribution is -0.145. The summed E-state index contributed by atoms with van der Waals surface area (Å²) in [5.74, 6) is 1.72. The van der Waals surface area contributed by atoms with E-state index in [1.165, 1.54) is 11.1 Å². The molecule has 3 rings (SSSR count). The summed E-state index contributed by atoms with van der Waals surface area (Å²) in [4.78, 5) is 14.3. The number of rotatable bonds is 3. The predicted molar refractivity (Wildman–Crippen MR) is 89.5 cm³/mol. The van der Waals surface area contributed by atoms with Crippen molar-refractivity contribution in [2.45, 2.75) is 38.6 Å². The molecular formula is C18H24N2O3. The number of carbonyl (C=O) groups is 1. The van der Waals surface area contributed by atoms with E-state index < -0.39 is 0 Å². The average Bonchev–Trinajstić information content (AvgIpc) is 2.78. The number of benzene rings is 1. The zero-order chi connectivity index (χ0) is 16.4. The quantitative estimate of drug-likeness (QED) is 0.869. The molecule has 0 saturated heterocycles. The third-order valence-electron chi connectivity index (χ3n) is 4.58. The number of allylic oxidation sites excluding steroid dienone is 1. The molecule has 2 aliphatic rings. The van der Waals surface area contributed by atoms with Crippen molar-refractivity contribution < 1.29 is 14.3 Å². The van der Waals surface area contributed by atoms with Crippen LogP contribution >= 0.6 is 0 Å². The van der Waals surface area contributed by atoms with Gasteiger partial charge in [0.15, 0.2) is 0 Å². The molecule has 0 fully saturated rings. The maximum absolute atomic E-state index is 12.1. The van der Waals surface area contributed by atoms with Crippen molar-refractivity contribution >= 4 is 11.7 Å². The zero-order valence-corrected chi connectivity index (χ0v) is 14.0. The molecule has 0 amide bonds. The summed E-state index contributed by atoms with van der Waals surface area (Å²) in [7, 11) is 3.71. The molecule has 0 radical (unpaired) electrons. The van der Waals surface area contributed by atoms with Gasteiger partial charge in [0.1, 0.15) is 17.6 Å². The van der Waals surface area contributed by atoms with Gasteiger partial charge in [0, 0.05) is 18.8 Å². The molecule has 23 heavy (non-hydrogen) atoms. The molecule has 0 aromatic heterocycles. The number of nitrogens with one attached hydrogen (secondary N) is 1. The Morgan fingerprint density at radius 1 is 1.43 bits per heavy atom. The second-order valence-electron chi connectivity index (χ2n) is 6.02. The first kappa shape index (κ1) is 15.7. The van der Waals surface area contributed by atoms with E-state index in [1.54, 1.807) is 7.11 Å². The summed E-state index contributed by atoms with van der Waals surface area (Å²) < 4.78 is 10.5. The summed E-state index contributed by atoms with van der Waals surface area (Å²) in [5, 5.41) is 3.42. The second kappa shape index (κ2) is 6.52. The van der Waals surface area contributed by atoms with Gasteiger partial charge in [0.25, 0.3) is 0 Å². The number of fused-ring (bicyclic) bond motifs is 1. The highest BCUT2D eigenvalue weighted by Gasteiger charge is 2.30. The van der Waals surface area contributed by atoms with Gasteiger partial charge in [-0.15, -0.1) is 0 Å². The van der Waals surface area contributed by atoms with Crippen LogP contribution in [-0.4, -0.2) is 32.8 Å². The molecular weight excluding hydrogens is 292 g/mol. The minimum absolute atomic E-state index is 0.161. The van der Waals surface area contributed by atoms with Crippen LogP contribution in [0.15, 0.2) is 29.6 Å². The van der Waals surface area contributed by atoms with Crippen LogP contribution in [-0.2, 0) is 16.0 Å². The second-order valence-corrected chi connectivity index (χ2v) is 6.02. The molecule has 1 unspecified atom stereocenters. The Morgan fingerprint density at radius 2 is 2.26 bits per heavy atom. The van der Waals surface area contributed by atoms with Gasteiger partial charge in [-0.05, 0) is 49.8 Å². The third kappa shape index (κ3) is 3.00. The van der Waals surface area contributed by atoms with E-state index in [0.717, 1.165) is 42.9 Å². The van der Waals surface area contributed by atoms with Crippen LogP contribution in [0, 0.1) is 0 Å². The normalized spacial score (nSPS) is 20.1. The third-order valence-corrected chi connectivity index (χ3v) is 4.58. The lowest BCUT2D eigenvalue weighted by atomic mass is 9.95. The fourth-order valence-electron chi connectivity index (χ4n) is 3.39. The molecule has 5 nitrogen and oxygen atoms in total. The van der Waals surface area contributed by atoms with Crippen LogP contribution in [0.1, 0.15) is 31.7 Å². The van der Waals surface area contributed by atoms with Gasteiger partial charge >= 0.3 is 5.97 Å². The van der Waals surface area contributed by atoms with Crippen LogP contribution < -0.4 is 15.0 Å².